The molecule has 28 heavy (non-hydrogen) atoms. The van der Waals surface area contributed by atoms with E-state index in [1.54, 1.807) is 16.0 Å². The van der Waals surface area contributed by atoms with Crippen LogP contribution < -0.4 is 5.73 Å². The molecule has 0 aromatic carbocycles. The molecule has 1 aliphatic rings. The van der Waals surface area contributed by atoms with Gasteiger partial charge in [-0.15, -0.1) is 36.2 Å². The fourth-order valence-corrected chi connectivity index (χ4v) is 4.60. The van der Waals surface area contributed by atoms with Gasteiger partial charge in [0.1, 0.15) is 0 Å². The van der Waals surface area contributed by atoms with Crippen molar-refractivity contribution in [2.45, 2.75) is 26.3 Å². The van der Waals surface area contributed by atoms with Crippen LogP contribution in [0.25, 0.3) is 21.6 Å². The Morgan fingerprint density at radius 1 is 1.39 bits per heavy atom. The second-order valence-corrected chi connectivity index (χ2v) is 8.03. The Hall–Kier alpha value is -1.67. The van der Waals surface area contributed by atoms with Crippen LogP contribution in [0.4, 0.5) is 0 Å². The summed E-state index contributed by atoms with van der Waals surface area (Å²) in [7, 11) is 1.87. The average Bonchev–Trinajstić information content (AvgIpc) is 3.34. The number of amides is 1. The fraction of sp³-hybridized carbons (Fsp3) is 0.421. The first-order chi connectivity index (χ1) is 12.5. The van der Waals surface area contributed by atoms with Crippen molar-refractivity contribution in [3.8, 4) is 10.6 Å². The minimum atomic E-state index is 0. The van der Waals surface area contributed by atoms with E-state index >= 15 is 0 Å². The van der Waals surface area contributed by atoms with Crippen molar-refractivity contribution in [3.05, 3.63) is 34.8 Å². The predicted molar refractivity (Wildman–Crippen MR) is 119 cm³/mol. The number of halogens is 2. The van der Waals surface area contributed by atoms with E-state index in [-0.39, 0.29) is 36.8 Å². The van der Waals surface area contributed by atoms with Crippen LogP contribution in [0.2, 0.25) is 0 Å². The lowest BCUT2D eigenvalue weighted by Crippen LogP contribution is -2.34. The molecular weight excluding hydrogens is 417 g/mol. The van der Waals surface area contributed by atoms with E-state index in [1.807, 2.05) is 42.5 Å². The van der Waals surface area contributed by atoms with E-state index in [9.17, 15) is 4.79 Å². The summed E-state index contributed by atoms with van der Waals surface area (Å²) in [5.41, 5.74) is 8.93. The molecule has 2 N–H and O–H groups in total. The van der Waals surface area contributed by atoms with Gasteiger partial charge in [0.15, 0.2) is 5.65 Å². The lowest BCUT2D eigenvalue weighted by atomic mass is 10.1. The van der Waals surface area contributed by atoms with E-state index in [0.717, 1.165) is 33.7 Å². The number of pyridine rings is 1. The number of nitrogens with zero attached hydrogens (tertiary/aromatic N) is 4. The van der Waals surface area contributed by atoms with Crippen molar-refractivity contribution >= 4 is 53.1 Å². The highest BCUT2D eigenvalue weighted by atomic mass is 35.5. The summed E-state index contributed by atoms with van der Waals surface area (Å²) in [6, 6.07) is 6.14. The summed E-state index contributed by atoms with van der Waals surface area (Å²) >= 11 is 1.62. The molecule has 0 radical (unpaired) electrons. The van der Waals surface area contributed by atoms with Gasteiger partial charge in [-0.05, 0) is 50.2 Å². The molecule has 4 heterocycles. The molecular formula is C19H25Cl2N5OS. The molecule has 0 bridgehead atoms. The van der Waals surface area contributed by atoms with Gasteiger partial charge >= 0.3 is 0 Å². The molecule has 0 saturated carbocycles. The van der Waals surface area contributed by atoms with Gasteiger partial charge in [0, 0.05) is 19.6 Å². The third kappa shape index (κ3) is 3.76. The summed E-state index contributed by atoms with van der Waals surface area (Å²) in [5, 5.41) is 7.37. The summed E-state index contributed by atoms with van der Waals surface area (Å²) in [4.78, 5) is 21.2. The average molecular weight is 442 g/mol. The first-order valence-corrected chi connectivity index (χ1v) is 9.76. The Bertz CT molecular complexity index is 973. The molecule has 2 unspecified atom stereocenters. The number of thiophene rings is 1. The number of fused-ring (bicyclic) bond motifs is 1. The molecule has 0 spiro atoms. The van der Waals surface area contributed by atoms with Crippen molar-refractivity contribution < 1.29 is 4.79 Å². The number of likely N-dealkylation sites (tertiary alicyclic amines) is 1. The van der Waals surface area contributed by atoms with Crippen molar-refractivity contribution in [2.24, 2.45) is 18.7 Å². The normalized spacial score (nSPS) is 18.8. The third-order valence-electron chi connectivity index (χ3n) is 5.23. The summed E-state index contributed by atoms with van der Waals surface area (Å²) < 4.78 is 1.76. The first-order valence-electron chi connectivity index (χ1n) is 8.88. The van der Waals surface area contributed by atoms with Gasteiger partial charge in [-0.3, -0.25) is 9.48 Å². The number of hydrogen-bond acceptors (Lipinski definition) is 5. The number of carbonyl (C=O) groups is 1. The smallest absolute Gasteiger partial charge is 0.255 e. The van der Waals surface area contributed by atoms with Crippen molar-refractivity contribution in [1.82, 2.24) is 19.7 Å². The second kappa shape index (κ2) is 8.78. The highest BCUT2D eigenvalue weighted by Gasteiger charge is 2.33. The standard InChI is InChI=1S/C19H23N5OS.2ClH/c1-11-7-13(9-20)10-24(11)19(25)14-8-15(16-5-4-6-26-16)21-18-17(14)12(2)22-23(18)3;;/h4-6,8,11,13H,7,9-10,20H2,1-3H3;2*1H. The molecule has 3 aromatic heterocycles. The van der Waals surface area contributed by atoms with Gasteiger partial charge in [0.2, 0.25) is 0 Å². The number of rotatable bonds is 3. The van der Waals surface area contributed by atoms with E-state index in [2.05, 4.69) is 12.0 Å². The molecule has 9 heteroatoms. The van der Waals surface area contributed by atoms with E-state index in [1.165, 1.54) is 0 Å². The first kappa shape index (κ1) is 22.6. The monoisotopic (exact) mass is 441 g/mol. The Morgan fingerprint density at radius 2 is 2.14 bits per heavy atom. The number of aryl methyl sites for hydroxylation is 2. The number of carbonyl (C=O) groups excluding carboxylic acids is 1. The maximum absolute atomic E-state index is 13.4. The molecule has 1 fully saturated rings. The number of aromatic nitrogens is 3. The SMILES string of the molecule is Cc1nn(C)c2nc(-c3cccs3)cc(C(=O)N3CC(CN)CC3C)c12.Cl.Cl. The maximum atomic E-state index is 13.4. The molecule has 0 aliphatic carbocycles. The van der Waals surface area contributed by atoms with Crippen LogP contribution in [0.5, 0.6) is 0 Å². The van der Waals surface area contributed by atoms with Gasteiger partial charge in [-0.25, -0.2) is 4.98 Å². The lowest BCUT2D eigenvalue weighted by molar-refractivity contribution is 0.0745. The topological polar surface area (TPSA) is 77.0 Å². The third-order valence-corrected chi connectivity index (χ3v) is 6.12. The van der Waals surface area contributed by atoms with Crippen molar-refractivity contribution in [3.63, 3.8) is 0 Å². The van der Waals surface area contributed by atoms with Crippen LogP contribution >= 0.6 is 36.2 Å². The summed E-state index contributed by atoms with van der Waals surface area (Å²) in [6.45, 7) is 5.37. The second-order valence-electron chi connectivity index (χ2n) is 7.08. The lowest BCUT2D eigenvalue weighted by Gasteiger charge is -2.22. The summed E-state index contributed by atoms with van der Waals surface area (Å²) in [5.74, 6) is 0.424. The number of nitrogens with two attached hydrogens (primary N) is 1. The van der Waals surface area contributed by atoms with Gasteiger partial charge in [0.25, 0.3) is 5.91 Å². The molecule has 152 valence electrons. The maximum Gasteiger partial charge on any atom is 0.255 e. The van der Waals surface area contributed by atoms with Gasteiger partial charge in [-0.2, -0.15) is 5.10 Å². The van der Waals surface area contributed by atoms with Crippen LogP contribution in [-0.2, 0) is 7.05 Å². The molecule has 1 amide bonds. The van der Waals surface area contributed by atoms with Crippen LogP contribution in [0, 0.1) is 12.8 Å². The Labute approximate surface area is 180 Å². The zero-order chi connectivity index (χ0) is 18.4. The van der Waals surface area contributed by atoms with Crippen LogP contribution in [0.3, 0.4) is 0 Å². The molecule has 6 nitrogen and oxygen atoms in total. The minimum Gasteiger partial charge on any atom is -0.336 e. The highest BCUT2D eigenvalue weighted by Crippen LogP contribution is 2.32. The van der Waals surface area contributed by atoms with Crippen LogP contribution in [0.15, 0.2) is 23.6 Å². The van der Waals surface area contributed by atoms with Crippen LogP contribution in [0.1, 0.15) is 29.4 Å². The van der Waals surface area contributed by atoms with E-state index in [0.29, 0.717) is 24.6 Å². The van der Waals surface area contributed by atoms with Gasteiger partial charge < -0.3 is 10.6 Å². The minimum absolute atomic E-state index is 0. The zero-order valence-corrected chi connectivity index (χ0v) is 18.5. The molecule has 1 saturated heterocycles. The zero-order valence-electron chi connectivity index (χ0n) is 16.1. The Morgan fingerprint density at radius 3 is 2.75 bits per heavy atom. The molecule has 3 aromatic rings. The van der Waals surface area contributed by atoms with Crippen molar-refractivity contribution in [2.75, 3.05) is 13.1 Å². The Kier molecular flexibility index (Phi) is 7.09. The summed E-state index contributed by atoms with van der Waals surface area (Å²) in [6.07, 6.45) is 0.959. The van der Waals surface area contributed by atoms with E-state index < -0.39 is 0 Å². The molecule has 1 aliphatic heterocycles. The predicted octanol–water partition coefficient (Wildman–Crippen LogP) is 3.66. The molecule has 2 atom stereocenters. The number of hydrogen-bond donors (Lipinski definition) is 1. The van der Waals surface area contributed by atoms with Crippen LogP contribution in [-0.4, -0.2) is 44.7 Å². The highest BCUT2D eigenvalue weighted by molar-refractivity contribution is 7.13. The largest absolute Gasteiger partial charge is 0.336 e. The van der Waals surface area contributed by atoms with E-state index in [4.69, 9.17) is 10.7 Å². The van der Waals surface area contributed by atoms with Gasteiger partial charge in [0.05, 0.1) is 27.2 Å². The quantitative estimate of drug-likeness (QED) is 0.672. The molecule has 4 rings (SSSR count). The fourth-order valence-electron chi connectivity index (χ4n) is 3.91. The van der Waals surface area contributed by atoms with Crippen molar-refractivity contribution in [1.29, 1.82) is 0 Å². The Balaban J connectivity index is 0.00000140. The van der Waals surface area contributed by atoms with Gasteiger partial charge in [-0.1, -0.05) is 6.07 Å².